The van der Waals surface area contributed by atoms with Crippen LogP contribution in [0.4, 0.5) is 0 Å². The van der Waals surface area contributed by atoms with E-state index >= 15 is 0 Å². The summed E-state index contributed by atoms with van der Waals surface area (Å²) >= 11 is 5.85. The summed E-state index contributed by atoms with van der Waals surface area (Å²) in [6.07, 6.45) is 2.24. The predicted molar refractivity (Wildman–Crippen MR) is 94.2 cm³/mol. The average molecular weight is 353 g/mol. The second kappa shape index (κ2) is 9.64. The van der Waals surface area contributed by atoms with E-state index in [1.54, 1.807) is 24.3 Å². The monoisotopic (exact) mass is 352 g/mol. The van der Waals surface area contributed by atoms with Crippen LogP contribution in [-0.2, 0) is 9.53 Å². The van der Waals surface area contributed by atoms with E-state index in [2.05, 4.69) is 5.32 Å². The van der Waals surface area contributed by atoms with Crippen LogP contribution in [0.25, 0.3) is 0 Å². The molecule has 0 radical (unpaired) electrons. The molecule has 5 nitrogen and oxygen atoms in total. The number of carbonyl (C=O) groups excluding carboxylic acids is 2. The van der Waals surface area contributed by atoms with Gasteiger partial charge in [-0.2, -0.15) is 0 Å². The van der Waals surface area contributed by atoms with Gasteiger partial charge in [-0.05, 0) is 50.5 Å². The molecule has 1 saturated heterocycles. The van der Waals surface area contributed by atoms with Crippen molar-refractivity contribution < 1.29 is 14.3 Å². The first-order valence-electron chi connectivity index (χ1n) is 8.52. The van der Waals surface area contributed by atoms with E-state index in [0.717, 1.165) is 6.42 Å². The summed E-state index contributed by atoms with van der Waals surface area (Å²) in [7, 11) is 0. The smallest absolute Gasteiger partial charge is 0.253 e. The van der Waals surface area contributed by atoms with Crippen molar-refractivity contribution in [1.29, 1.82) is 0 Å². The van der Waals surface area contributed by atoms with Crippen LogP contribution in [0.1, 0.15) is 36.5 Å². The Hall–Kier alpha value is -1.59. The van der Waals surface area contributed by atoms with Crippen molar-refractivity contribution in [3.63, 3.8) is 0 Å². The van der Waals surface area contributed by atoms with Crippen LogP contribution in [0.3, 0.4) is 0 Å². The first-order valence-corrected chi connectivity index (χ1v) is 8.90. The van der Waals surface area contributed by atoms with Gasteiger partial charge in [-0.15, -0.1) is 0 Å². The zero-order valence-electron chi connectivity index (χ0n) is 14.1. The number of ether oxygens (including phenoxy) is 1. The third-order valence-corrected chi connectivity index (χ3v) is 4.46. The molecule has 0 atom stereocenters. The summed E-state index contributed by atoms with van der Waals surface area (Å²) in [6.45, 7) is 5.19. The van der Waals surface area contributed by atoms with Crippen LogP contribution < -0.4 is 5.32 Å². The quantitative estimate of drug-likeness (QED) is 0.767. The van der Waals surface area contributed by atoms with Crippen LogP contribution in [0.2, 0.25) is 5.02 Å². The number of piperidine rings is 1. The second-order valence-electron chi connectivity index (χ2n) is 5.91. The number of likely N-dealkylation sites (tertiary alicyclic amines) is 1. The first kappa shape index (κ1) is 18.7. The molecule has 24 heavy (non-hydrogen) atoms. The fraction of sp³-hybridized carbons (Fsp3) is 0.556. The van der Waals surface area contributed by atoms with E-state index in [1.807, 2.05) is 11.8 Å². The Kier molecular flexibility index (Phi) is 7.53. The van der Waals surface area contributed by atoms with Crippen LogP contribution in [0, 0.1) is 5.92 Å². The lowest BCUT2D eigenvalue weighted by Gasteiger charge is -2.31. The highest BCUT2D eigenvalue weighted by atomic mass is 35.5. The van der Waals surface area contributed by atoms with E-state index in [0.29, 0.717) is 56.3 Å². The number of hydrogen-bond donors (Lipinski definition) is 1. The van der Waals surface area contributed by atoms with Crippen molar-refractivity contribution >= 4 is 23.4 Å². The van der Waals surface area contributed by atoms with E-state index in [-0.39, 0.29) is 17.7 Å². The molecule has 1 heterocycles. The zero-order valence-corrected chi connectivity index (χ0v) is 14.8. The molecule has 1 N–H and O–H groups in total. The normalized spacial score (nSPS) is 15.3. The summed E-state index contributed by atoms with van der Waals surface area (Å²) in [5.41, 5.74) is 0.637. The van der Waals surface area contributed by atoms with Crippen LogP contribution >= 0.6 is 11.6 Å². The molecule has 6 heteroatoms. The highest BCUT2D eigenvalue weighted by Crippen LogP contribution is 2.20. The molecule has 2 rings (SSSR count). The van der Waals surface area contributed by atoms with Gasteiger partial charge in [0.25, 0.3) is 5.91 Å². The van der Waals surface area contributed by atoms with Crippen molar-refractivity contribution in [3.8, 4) is 0 Å². The van der Waals surface area contributed by atoms with Gasteiger partial charge in [0.05, 0.1) is 0 Å². The predicted octanol–water partition coefficient (Wildman–Crippen LogP) is 2.74. The molecule has 2 amide bonds. The third kappa shape index (κ3) is 5.49. The maximum absolute atomic E-state index is 12.4. The summed E-state index contributed by atoms with van der Waals surface area (Å²) in [5, 5.41) is 3.57. The molecule has 0 spiro atoms. The summed E-state index contributed by atoms with van der Waals surface area (Å²) in [6, 6.07) is 6.91. The maximum atomic E-state index is 12.4. The largest absolute Gasteiger partial charge is 0.382 e. The van der Waals surface area contributed by atoms with Crippen molar-refractivity contribution in [3.05, 3.63) is 34.9 Å². The van der Waals surface area contributed by atoms with E-state index in [9.17, 15) is 9.59 Å². The third-order valence-electron chi connectivity index (χ3n) is 4.21. The van der Waals surface area contributed by atoms with Gasteiger partial charge in [0.15, 0.2) is 0 Å². The first-order chi connectivity index (χ1) is 11.6. The molecule has 0 aromatic heterocycles. The number of amides is 2. The molecule has 1 aliphatic heterocycles. The number of nitrogens with one attached hydrogen (secondary N) is 1. The lowest BCUT2D eigenvalue weighted by Crippen LogP contribution is -2.43. The molecule has 0 unspecified atom stereocenters. The van der Waals surface area contributed by atoms with Crippen molar-refractivity contribution in [2.75, 3.05) is 32.8 Å². The highest BCUT2D eigenvalue weighted by Gasteiger charge is 2.27. The molecule has 1 aromatic rings. The summed E-state index contributed by atoms with van der Waals surface area (Å²) < 4.78 is 5.25. The van der Waals surface area contributed by atoms with E-state index in [4.69, 9.17) is 16.3 Å². The molecule has 1 aromatic carbocycles. The Morgan fingerprint density at radius 2 is 1.92 bits per heavy atom. The molecule has 0 saturated carbocycles. The summed E-state index contributed by atoms with van der Waals surface area (Å²) in [5.74, 6) is 0.0821. The average Bonchev–Trinajstić information content (AvgIpc) is 2.61. The highest BCUT2D eigenvalue weighted by molar-refractivity contribution is 6.30. The van der Waals surface area contributed by atoms with Gasteiger partial charge in [-0.1, -0.05) is 11.6 Å². The molecular weight excluding hydrogens is 328 g/mol. The van der Waals surface area contributed by atoms with Crippen molar-refractivity contribution in [1.82, 2.24) is 10.2 Å². The van der Waals surface area contributed by atoms with Crippen LogP contribution in [-0.4, -0.2) is 49.6 Å². The van der Waals surface area contributed by atoms with Crippen molar-refractivity contribution in [2.45, 2.75) is 26.2 Å². The van der Waals surface area contributed by atoms with E-state index in [1.165, 1.54) is 0 Å². The van der Waals surface area contributed by atoms with Gasteiger partial charge >= 0.3 is 0 Å². The van der Waals surface area contributed by atoms with Gasteiger partial charge < -0.3 is 15.0 Å². The fourth-order valence-corrected chi connectivity index (χ4v) is 2.92. The minimum Gasteiger partial charge on any atom is -0.382 e. The number of benzene rings is 1. The van der Waals surface area contributed by atoms with Gasteiger partial charge in [0.2, 0.25) is 5.91 Å². The molecule has 1 fully saturated rings. The number of rotatable bonds is 7. The standard InChI is InChI=1S/C18H25ClN2O3/c1-2-24-13-3-10-20-17(22)14-8-11-21(12-9-14)18(23)15-4-6-16(19)7-5-15/h4-7,14H,2-3,8-13H2,1H3,(H,20,22). The Balaban J connectivity index is 1.73. The Bertz CT molecular complexity index is 540. The number of nitrogens with zero attached hydrogens (tertiary/aromatic N) is 1. The van der Waals surface area contributed by atoms with E-state index < -0.39 is 0 Å². The van der Waals surface area contributed by atoms with Gasteiger partial charge in [-0.3, -0.25) is 9.59 Å². The van der Waals surface area contributed by atoms with Gasteiger partial charge in [0, 0.05) is 49.4 Å². The maximum Gasteiger partial charge on any atom is 0.253 e. The minimum absolute atomic E-state index is 0.00207. The SMILES string of the molecule is CCOCCCNC(=O)C1CCN(C(=O)c2ccc(Cl)cc2)CC1. The topological polar surface area (TPSA) is 58.6 Å². The Morgan fingerprint density at radius 3 is 2.54 bits per heavy atom. The number of carbonyl (C=O) groups is 2. The second-order valence-corrected chi connectivity index (χ2v) is 6.35. The lowest BCUT2D eigenvalue weighted by atomic mass is 9.95. The molecule has 1 aliphatic rings. The van der Waals surface area contributed by atoms with Crippen LogP contribution in [0.15, 0.2) is 24.3 Å². The van der Waals surface area contributed by atoms with Crippen LogP contribution in [0.5, 0.6) is 0 Å². The van der Waals surface area contributed by atoms with Gasteiger partial charge in [-0.25, -0.2) is 0 Å². The van der Waals surface area contributed by atoms with Crippen molar-refractivity contribution in [2.24, 2.45) is 5.92 Å². The Morgan fingerprint density at radius 1 is 1.25 bits per heavy atom. The molecule has 0 bridgehead atoms. The fourth-order valence-electron chi connectivity index (χ4n) is 2.79. The molecule has 0 aliphatic carbocycles. The molecule has 132 valence electrons. The molecular formula is C18H25ClN2O3. The minimum atomic E-state index is -0.00800. The van der Waals surface area contributed by atoms with Gasteiger partial charge in [0.1, 0.15) is 0 Å². The zero-order chi connectivity index (χ0) is 17.4. The Labute approximate surface area is 148 Å². The number of hydrogen-bond acceptors (Lipinski definition) is 3. The lowest BCUT2D eigenvalue weighted by molar-refractivity contribution is -0.126. The summed E-state index contributed by atoms with van der Waals surface area (Å²) in [4.78, 5) is 26.4. The number of halogens is 1.